The SMILES string of the molecule is C=C(CC)CC(N)c1cn(C)nc1C. The highest BCUT2D eigenvalue weighted by Gasteiger charge is 2.12. The molecule has 0 radical (unpaired) electrons. The largest absolute Gasteiger partial charge is 0.324 e. The molecule has 1 heterocycles. The van der Waals surface area contributed by atoms with Crippen molar-refractivity contribution in [1.82, 2.24) is 9.78 Å². The molecule has 1 rings (SSSR count). The second-order valence-corrected chi connectivity index (χ2v) is 3.76. The van der Waals surface area contributed by atoms with Crippen molar-refractivity contribution in [2.75, 3.05) is 0 Å². The van der Waals surface area contributed by atoms with Crippen molar-refractivity contribution in [2.45, 2.75) is 32.7 Å². The number of aryl methyl sites for hydroxylation is 2. The topological polar surface area (TPSA) is 43.8 Å². The van der Waals surface area contributed by atoms with E-state index in [0.29, 0.717) is 0 Å². The van der Waals surface area contributed by atoms with Crippen LogP contribution in [0.1, 0.15) is 37.1 Å². The maximum absolute atomic E-state index is 6.07. The van der Waals surface area contributed by atoms with Gasteiger partial charge in [-0.3, -0.25) is 4.68 Å². The molecule has 0 aromatic carbocycles. The van der Waals surface area contributed by atoms with E-state index in [4.69, 9.17) is 5.73 Å². The second-order valence-electron chi connectivity index (χ2n) is 3.76. The van der Waals surface area contributed by atoms with Crippen molar-refractivity contribution in [3.8, 4) is 0 Å². The lowest BCUT2D eigenvalue weighted by atomic mass is 10.0. The van der Waals surface area contributed by atoms with E-state index >= 15 is 0 Å². The van der Waals surface area contributed by atoms with Gasteiger partial charge in [-0.15, -0.1) is 0 Å². The minimum atomic E-state index is 0.0381. The average Bonchev–Trinajstić information content (AvgIpc) is 2.45. The number of nitrogens with zero attached hydrogens (tertiary/aromatic N) is 2. The molecule has 0 aliphatic heterocycles. The molecule has 0 saturated heterocycles. The third kappa shape index (κ3) is 2.45. The molecule has 2 N–H and O–H groups in total. The first-order chi connectivity index (χ1) is 6.54. The van der Waals surface area contributed by atoms with Crippen molar-refractivity contribution in [2.24, 2.45) is 12.8 Å². The fourth-order valence-corrected chi connectivity index (χ4v) is 1.55. The maximum Gasteiger partial charge on any atom is 0.0641 e. The van der Waals surface area contributed by atoms with E-state index in [2.05, 4.69) is 18.6 Å². The summed E-state index contributed by atoms with van der Waals surface area (Å²) in [6.45, 7) is 8.06. The molecule has 1 aromatic rings. The molecule has 0 amide bonds. The van der Waals surface area contributed by atoms with Gasteiger partial charge in [0.2, 0.25) is 0 Å². The lowest BCUT2D eigenvalue weighted by Crippen LogP contribution is -2.11. The predicted octanol–water partition coefficient (Wildman–Crippen LogP) is 2.08. The van der Waals surface area contributed by atoms with Crippen molar-refractivity contribution >= 4 is 0 Å². The first kappa shape index (κ1) is 11.0. The zero-order chi connectivity index (χ0) is 10.7. The molecule has 1 aromatic heterocycles. The van der Waals surface area contributed by atoms with Crippen molar-refractivity contribution in [3.05, 3.63) is 29.6 Å². The van der Waals surface area contributed by atoms with Crippen LogP contribution in [0, 0.1) is 6.92 Å². The number of rotatable bonds is 4. The van der Waals surface area contributed by atoms with E-state index in [1.54, 1.807) is 4.68 Å². The fraction of sp³-hybridized carbons (Fsp3) is 0.545. The molecule has 0 aliphatic carbocycles. The smallest absolute Gasteiger partial charge is 0.0641 e. The first-order valence-electron chi connectivity index (χ1n) is 4.97. The normalized spacial score (nSPS) is 12.9. The van der Waals surface area contributed by atoms with Crippen LogP contribution < -0.4 is 5.73 Å². The summed E-state index contributed by atoms with van der Waals surface area (Å²) >= 11 is 0. The van der Waals surface area contributed by atoms with Gasteiger partial charge in [-0.2, -0.15) is 5.10 Å². The minimum Gasteiger partial charge on any atom is -0.324 e. The van der Waals surface area contributed by atoms with Gasteiger partial charge in [0.15, 0.2) is 0 Å². The summed E-state index contributed by atoms with van der Waals surface area (Å²) in [7, 11) is 1.91. The summed E-state index contributed by atoms with van der Waals surface area (Å²) < 4.78 is 1.80. The molecule has 0 aliphatic rings. The Labute approximate surface area is 85.6 Å². The van der Waals surface area contributed by atoms with Gasteiger partial charge in [-0.25, -0.2) is 0 Å². The zero-order valence-corrected chi connectivity index (χ0v) is 9.25. The van der Waals surface area contributed by atoms with Crippen LogP contribution in [0.4, 0.5) is 0 Å². The Morgan fingerprint density at radius 2 is 2.36 bits per heavy atom. The summed E-state index contributed by atoms with van der Waals surface area (Å²) in [4.78, 5) is 0. The van der Waals surface area contributed by atoms with Crippen LogP contribution in [-0.4, -0.2) is 9.78 Å². The Hall–Kier alpha value is -1.09. The van der Waals surface area contributed by atoms with Gasteiger partial charge < -0.3 is 5.73 Å². The Morgan fingerprint density at radius 1 is 1.71 bits per heavy atom. The average molecular weight is 193 g/mol. The lowest BCUT2D eigenvalue weighted by Gasteiger charge is -2.11. The third-order valence-corrected chi connectivity index (χ3v) is 2.46. The quantitative estimate of drug-likeness (QED) is 0.744. The summed E-state index contributed by atoms with van der Waals surface area (Å²) in [6, 6.07) is 0.0381. The molecule has 1 unspecified atom stereocenters. The maximum atomic E-state index is 6.07. The molecule has 1 atom stereocenters. The number of nitrogens with two attached hydrogens (primary N) is 1. The highest BCUT2D eigenvalue weighted by molar-refractivity contribution is 5.21. The van der Waals surface area contributed by atoms with E-state index in [1.807, 2.05) is 20.2 Å². The molecule has 0 bridgehead atoms. The molecule has 0 spiro atoms. The van der Waals surface area contributed by atoms with E-state index < -0.39 is 0 Å². The van der Waals surface area contributed by atoms with Crippen LogP contribution >= 0.6 is 0 Å². The van der Waals surface area contributed by atoms with Crippen LogP contribution in [0.2, 0.25) is 0 Å². The second kappa shape index (κ2) is 4.42. The molecular weight excluding hydrogens is 174 g/mol. The molecular formula is C11H19N3. The van der Waals surface area contributed by atoms with Crippen LogP contribution in [0.15, 0.2) is 18.3 Å². The standard InChI is InChI=1S/C11H19N3/c1-5-8(2)6-11(12)10-7-14(4)13-9(10)3/h7,11H,2,5-6,12H2,1,3-4H3. The molecule has 78 valence electrons. The van der Waals surface area contributed by atoms with Crippen molar-refractivity contribution in [1.29, 1.82) is 0 Å². The Kier molecular flexibility index (Phi) is 3.47. The van der Waals surface area contributed by atoms with Gasteiger partial charge in [-0.1, -0.05) is 19.1 Å². The molecule has 3 nitrogen and oxygen atoms in total. The summed E-state index contributed by atoms with van der Waals surface area (Å²) in [5, 5.41) is 4.27. The van der Waals surface area contributed by atoms with E-state index in [0.717, 1.165) is 24.1 Å². The Bertz CT molecular complexity index is 325. The van der Waals surface area contributed by atoms with Crippen LogP contribution in [0.3, 0.4) is 0 Å². The summed E-state index contributed by atoms with van der Waals surface area (Å²) in [5.74, 6) is 0. The van der Waals surface area contributed by atoms with Gasteiger partial charge >= 0.3 is 0 Å². The monoisotopic (exact) mass is 193 g/mol. The molecule has 0 fully saturated rings. The summed E-state index contributed by atoms with van der Waals surface area (Å²) in [5.41, 5.74) is 9.41. The fourth-order valence-electron chi connectivity index (χ4n) is 1.55. The summed E-state index contributed by atoms with van der Waals surface area (Å²) in [6.07, 6.45) is 3.83. The predicted molar refractivity (Wildman–Crippen MR) is 58.9 cm³/mol. The Morgan fingerprint density at radius 3 is 2.79 bits per heavy atom. The van der Waals surface area contributed by atoms with E-state index in [9.17, 15) is 0 Å². The minimum absolute atomic E-state index is 0.0381. The molecule has 0 saturated carbocycles. The molecule has 14 heavy (non-hydrogen) atoms. The zero-order valence-electron chi connectivity index (χ0n) is 9.25. The number of aromatic nitrogens is 2. The van der Waals surface area contributed by atoms with Gasteiger partial charge in [0.05, 0.1) is 5.69 Å². The highest BCUT2D eigenvalue weighted by atomic mass is 15.2. The number of hydrogen-bond acceptors (Lipinski definition) is 2. The van der Waals surface area contributed by atoms with Crippen molar-refractivity contribution in [3.63, 3.8) is 0 Å². The van der Waals surface area contributed by atoms with Gasteiger partial charge in [0, 0.05) is 24.8 Å². The van der Waals surface area contributed by atoms with E-state index in [-0.39, 0.29) is 6.04 Å². The highest BCUT2D eigenvalue weighted by Crippen LogP contribution is 2.21. The van der Waals surface area contributed by atoms with Crippen LogP contribution in [-0.2, 0) is 7.05 Å². The first-order valence-corrected chi connectivity index (χ1v) is 4.97. The van der Waals surface area contributed by atoms with Crippen LogP contribution in [0.25, 0.3) is 0 Å². The molecule has 3 heteroatoms. The third-order valence-electron chi connectivity index (χ3n) is 2.46. The van der Waals surface area contributed by atoms with Crippen LogP contribution in [0.5, 0.6) is 0 Å². The van der Waals surface area contributed by atoms with Gasteiger partial charge in [0.1, 0.15) is 0 Å². The lowest BCUT2D eigenvalue weighted by molar-refractivity contribution is 0.696. The van der Waals surface area contributed by atoms with Gasteiger partial charge in [0.25, 0.3) is 0 Å². The van der Waals surface area contributed by atoms with E-state index in [1.165, 1.54) is 5.57 Å². The Balaban J connectivity index is 2.73. The van der Waals surface area contributed by atoms with Crippen molar-refractivity contribution < 1.29 is 0 Å². The van der Waals surface area contributed by atoms with Gasteiger partial charge in [-0.05, 0) is 19.8 Å². The number of hydrogen-bond donors (Lipinski definition) is 1.